The minimum absolute atomic E-state index is 0.0788. The molecular formula is C16H27N3O7. The number of hydrogen-bond acceptors (Lipinski definition) is 7. The highest BCUT2D eigenvalue weighted by Gasteiger charge is 2.21. The summed E-state index contributed by atoms with van der Waals surface area (Å²) in [4.78, 5) is 64.4. The number of hydrogen-bond donors (Lipinski definition) is 4. The van der Waals surface area contributed by atoms with E-state index in [-0.39, 0.29) is 36.6 Å². The largest absolute Gasteiger partial charge is 0.481 e. The summed E-state index contributed by atoms with van der Waals surface area (Å²) >= 11 is 0. The molecule has 0 aromatic rings. The number of carbonyl (C=O) groups is 6. The van der Waals surface area contributed by atoms with Crippen LogP contribution >= 0.6 is 0 Å². The Balaban J connectivity index is 0. The maximum atomic E-state index is 11.4. The average molecular weight is 373 g/mol. The van der Waals surface area contributed by atoms with E-state index in [1.165, 1.54) is 27.7 Å². The van der Waals surface area contributed by atoms with Gasteiger partial charge in [-0.1, -0.05) is 6.92 Å². The van der Waals surface area contributed by atoms with E-state index >= 15 is 0 Å². The monoisotopic (exact) mass is 373 g/mol. The van der Waals surface area contributed by atoms with Crippen LogP contribution in [0.2, 0.25) is 0 Å². The lowest BCUT2D eigenvalue weighted by Gasteiger charge is -2.15. The quantitative estimate of drug-likeness (QED) is 0.372. The molecule has 148 valence electrons. The second-order valence-corrected chi connectivity index (χ2v) is 5.97. The van der Waals surface area contributed by atoms with E-state index in [1.54, 1.807) is 0 Å². The topological polar surface area (TPSA) is 187 Å². The molecule has 26 heavy (non-hydrogen) atoms. The molecule has 0 saturated carbocycles. The van der Waals surface area contributed by atoms with Crippen molar-refractivity contribution in [2.45, 2.75) is 59.0 Å². The fourth-order valence-electron chi connectivity index (χ4n) is 1.61. The number of carboxylic acids is 1. The molecule has 2 amide bonds. The zero-order valence-corrected chi connectivity index (χ0v) is 15.4. The molecule has 10 heteroatoms. The summed E-state index contributed by atoms with van der Waals surface area (Å²) in [5, 5.41) is 10.6. The first-order valence-electron chi connectivity index (χ1n) is 7.84. The van der Waals surface area contributed by atoms with Crippen LogP contribution in [0.15, 0.2) is 0 Å². The lowest BCUT2D eigenvalue weighted by Crippen LogP contribution is -2.45. The lowest BCUT2D eigenvalue weighted by atomic mass is 10.1. The number of carbonyl (C=O) groups excluding carboxylic acids is 5. The molecule has 6 N–H and O–H groups in total. The molecule has 0 saturated heterocycles. The van der Waals surface area contributed by atoms with Crippen molar-refractivity contribution in [3.8, 4) is 0 Å². The van der Waals surface area contributed by atoms with E-state index in [9.17, 15) is 28.8 Å². The van der Waals surface area contributed by atoms with Gasteiger partial charge in [0.15, 0.2) is 5.78 Å². The summed E-state index contributed by atoms with van der Waals surface area (Å²) in [5.74, 6) is -3.49. The molecule has 0 rings (SSSR count). The van der Waals surface area contributed by atoms with Gasteiger partial charge in [-0.25, -0.2) is 0 Å². The van der Waals surface area contributed by atoms with Gasteiger partial charge in [-0.15, -0.1) is 0 Å². The molecule has 0 bridgehead atoms. The van der Waals surface area contributed by atoms with Gasteiger partial charge in [0, 0.05) is 12.8 Å². The van der Waals surface area contributed by atoms with Gasteiger partial charge < -0.3 is 26.7 Å². The van der Waals surface area contributed by atoms with Crippen LogP contribution in [-0.2, 0) is 28.8 Å². The Hall–Kier alpha value is -2.62. The van der Waals surface area contributed by atoms with Gasteiger partial charge in [-0.3, -0.25) is 24.0 Å². The Kier molecular flexibility index (Phi) is 12.5. The van der Waals surface area contributed by atoms with Crippen LogP contribution in [0.25, 0.3) is 0 Å². The predicted molar refractivity (Wildman–Crippen MR) is 91.8 cm³/mol. The second-order valence-electron chi connectivity index (χ2n) is 5.97. The molecule has 0 aromatic heterocycles. The molecule has 10 nitrogen and oxygen atoms in total. The van der Waals surface area contributed by atoms with Gasteiger partial charge in [-0.2, -0.15) is 0 Å². The Morgan fingerprint density at radius 1 is 0.923 bits per heavy atom. The molecular weight excluding hydrogens is 346 g/mol. The summed E-state index contributed by atoms with van der Waals surface area (Å²) in [6, 6.07) is -1.87. The van der Waals surface area contributed by atoms with Crippen LogP contribution in [0.3, 0.4) is 0 Å². The van der Waals surface area contributed by atoms with Gasteiger partial charge in [0.05, 0.1) is 24.4 Å². The van der Waals surface area contributed by atoms with Crippen LogP contribution in [0.5, 0.6) is 0 Å². The van der Waals surface area contributed by atoms with Crippen LogP contribution < -0.4 is 16.8 Å². The average Bonchev–Trinajstić information content (AvgIpc) is 2.45. The van der Waals surface area contributed by atoms with Crippen LogP contribution in [0, 0.1) is 5.92 Å². The number of Topliss-reactive ketones (excluding diaryl/α,β-unsaturated/α-hetero) is 3. The Labute approximate surface area is 151 Å². The first-order chi connectivity index (χ1) is 11.8. The van der Waals surface area contributed by atoms with E-state index in [1.807, 2.05) is 0 Å². The smallest absolute Gasteiger partial charge is 0.306 e. The highest BCUT2D eigenvalue weighted by molar-refractivity contribution is 5.93. The van der Waals surface area contributed by atoms with Crippen molar-refractivity contribution < 1.29 is 33.9 Å². The number of carboxylic acid groups (broad SMARTS) is 1. The van der Waals surface area contributed by atoms with Crippen molar-refractivity contribution in [2.24, 2.45) is 17.4 Å². The minimum atomic E-state index is -0.959. The van der Waals surface area contributed by atoms with Gasteiger partial charge in [0.1, 0.15) is 11.6 Å². The number of ketones is 3. The van der Waals surface area contributed by atoms with Crippen LogP contribution in [-0.4, -0.2) is 52.3 Å². The van der Waals surface area contributed by atoms with Crippen molar-refractivity contribution in [1.82, 2.24) is 5.32 Å². The van der Waals surface area contributed by atoms with Gasteiger partial charge in [-0.05, 0) is 20.8 Å². The summed E-state index contributed by atoms with van der Waals surface area (Å²) in [6.45, 7) is 5.41. The summed E-state index contributed by atoms with van der Waals surface area (Å²) in [5.41, 5.74) is 10.3. The molecule has 0 radical (unpaired) electrons. The Bertz CT molecular complexity index is 560. The summed E-state index contributed by atoms with van der Waals surface area (Å²) in [7, 11) is 0. The van der Waals surface area contributed by atoms with Crippen molar-refractivity contribution in [1.29, 1.82) is 0 Å². The van der Waals surface area contributed by atoms with Crippen molar-refractivity contribution in [2.75, 3.05) is 0 Å². The fraction of sp³-hybridized carbons (Fsp3) is 0.625. The van der Waals surface area contributed by atoms with E-state index in [0.717, 1.165) is 0 Å². The van der Waals surface area contributed by atoms with Crippen LogP contribution in [0.1, 0.15) is 47.0 Å². The molecule has 0 heterocycles. The number of primary amides is 1. The third-order valence-corrected chi connectivity index (χ3v) is 3.17. The van der Waals surface area contributed by atoms with Crippen molar-refractivity contribution in [3.63, 3.8) is 0 Å². The molecule has 0 aromatic carbocycles. The van der Waals surface area contributed by atoms with Crippen molar-refractivity contribution >= 4 is 35.1 Å². The number of rotatable bonds is 10. The predicted octanol–water partition coefficient (Wildman–Crippen LogP) is -1.07. The molecule has 0 aliphatic rings. The molecule has 0 aliphatic heterocycles. The normalized spacial score (nSPS) is 13.3. The number of nitrogens with two attached hydrogens (primary N) is 2. The van der Waals surface area contributed by atoms with E-state index < -0.39 is 35.8 Å². The summed E-state index contributed by atoms with van der Waals surface area (Å²) < 4.78 is 0. The standard InChI is InChI=1S/C10H17N3O4.C6H10O3/c1-5(14)7(11)3-10(17)13-8(6(2)15)4-9(12)16;1-4(6(8)9)3-5(2)7/h7-8H,3-4,11H2,1-2H3,(H2,12,16)(H,13,17);4H,3H2,1-2H3,(H,8,9). The zero-order valence-electron chi connectivity index (χ0n) is 15.4. The maximum absolute atomic E-state index is 11.4. The number of nitrogens with one attached hydrogen (secondary N) is 1. The Morgan fingerprint density at radius 3 is 1.69 bits per heavy atom. The highest BCUT2D eigenvalue weighted by atomic mass is 16.4. The van der Waals surface area contributed by atoms with Crippen LogP contribution in [0.4, 0.5) is 0 Å². The molecule has 3 unspecified atom stereocenters. The van der Waals surface area contributed by atoms with Gasteiger partial charge in [0.2, 0.25) is 11.8 Å². The van der Waals surface area contributed by atoms with Gasteiger partial charge in [0.25, 0.3) is 0 Å². The molecule has 0 spiro atoms. The lowest BCUT2D eigenvalue weighted by molar-refractivity contribution is -0.142. The molecule has 3 atom stereocenters. The molecule has 0 aliphatic carbocycles. The first-order valence-corrected chi connectivity index (χ1v) is 7.84. The van der Waals surface area contributed by atoms with Crippen molar-refractivity contribution in [3.05, 3.63) is 0 Å². The third-order valence-electron chi connectivity index (χ3n) is 3.17. The minimum Gasteiger partial charge on any atom is -0.481 e. The summed E-state index contributed by atoms with van der Waals surface area (Å²) in [6.07, 6.45) is -0.358. The van der Waals surface area contributed by atoms with E-state index in [0.29, 0.717) is 0 Å². The number of aliphatic carboxylic acids is 1. The Morgan fingerprint density at radius 2 is 1.42 bits per heavy atom. The first kappa shape index (κ1) is 25.6. The SMILES string of the molecule is CC(=O)C(N)CC(=O)NC(CC(N)=O)C(C)=O.CC(=O)CC(C)C(=O)O. The van der Waals surface area contributed by atoms with E-state index in [2.05, 4.69) is 5.32 Å². The van der Waals surface area contributed by atoms with Gasteiger partial charge >= 0.3 is 5.97 Å². The number of amides is 2. The fourth-order valence-corrected chi connectivity index (χ4v) is 1.61. The van der Waals surface area contributed by atoms with E-state index in [4.69, 9.17) is 16.6 Å². The third kappa shape index (κ3) is 13.8. The second kappa shape index (κ2) is 12.7. The molecule has 0 fully saturated rings. The highest BCUT2D eigenvalue weighted by Crippen LogP contribution is 2.01. The maximum Gasteiger partial charge on any atom is 0.306 e. The zero-order chi connectivity index (χ0) is 21.0.